The molecule has 1 unspecified atom stereocenters. The van der Waals surface area contributed by atoms with E-state index in [9.17, 15) is 14.7 Å². The van der Waals surface area contributed by atoms with E-state index in [1.807, 2.05) is 31.2 Å². The van der Waals surface area contributed by atoms with Gasteiger partial charge in [-0.2, -0.15) is 0 Å². The molecule has 24 heavy (non-hydrogen) atoms. The van der Waals surface area contributed by atoms with Crippen LogP contribution in [0.25, 0.3) is 0 Å². The Bertz CT molecular complexity index is 630. The van der Waals surface area contributed by atoms with E-state index in [-0.39, 0.29) is 18.0 Å². The van der Waals surface area contributed by atoms with Crippen LogP contribution in [0, 0.1) is 11.3 Å². The lowest BCUT2D eigenvalue weighted by atomic mass is 9.81. The standard InChI is InChI=1S/C18H24N2O4/c1-12(13-5-7-15(24-2)8-6-13)19-17(23)20-10-14-4-3-9-18(14,11-20)16(21)22/h5-8,12,14H,3-4,9-11H2,1-2H3,(H,19,23)(H,21,22)/t12?,14-,18+/m0/s1. The number of carbonyl (C=O) groups is 2. The van der Waals surface area contributed by atoms with Crippen molar-refractivity contribution in [1.29, 1.82) is 0 Å². The second-order valence-corrected chi connectivity index (χ2v) is 6.88. The van der Waals surface area contributed by atoms with Gasteiger partial charge >= 0.3 is 12.0 Å². The van der Waals surface area contributed by atoms with Gasteiger partial charge in [0, 0.05) is 13.1 Å². The lowest BCUT2D eigenvalue weighted by Gasteiger charge is -2.24. The molecule has 0 spiro atoms. The molecule has 2 N–H and O–H groups in total. The van der Waals surface area contributed by atoms with Crippen LogP contribution < -0.4 is 10.1 Å². The number of nitrogens with one attached hydrogen (secondary N) is 1. The predicted octanol–water partition coefficient (Wildman–Crippen LogP) is 2.65. The highest BCUT2D eigenvalue weighted by atomic mass is 16.5. The number of likely N-dealkylation sites (tertiary alicyclic amines) is 1. The highest BCUT2D eigenvalue weighted by Crippen LogP contribution is 2.48. The Morgan fingerprint density at radius 1 is 1.38 bits per heavy atom. The number of hydrogen-bond acceptors (Lipinski definition) is 3. The first-order valence-corrected chi connectivity index (χ1v) is 8.39. The number of aliphatic carboxylic acids is 1. The summed E-state index contributed by atoms with van der Waals surface area (Å²) in [6.45, 7) is 2.77. The molecule has 6 nitrogen and oxygen atoms in total. The van der Waals surface area contributed by atoms with Gasteiger partial charge in [-0.15, -0.1) is 0 Å². The van der Waals surface area contributed by atoms with Crippen LogP contribution in [0.3, 0.4) is 0 Å². The van der Waals surface area contributed by atoms with Gasteiger partial charge in [0.05, 0.1) is 18.6 Å². The first-order valence-electron chi connectivity index (χ1n) is 8.39. The van der Waals surface area contributed by atoms with Crippen molar-refractivity contribution in [2.24, 2.45) is 11.3 Å². The van der Waals surface area contributed by atoms with Crippen LogP contribution in [0.15, 0.2) is 24.3 Å². The molecule has 1 aliphatic carbocycles. The smallest absolute Gasteiger partial charge is 0.317 e. The number of ether oxygens (including phenoxy) is 1. The first kappa shape index (κ1) is 16.6. The van der Waals surface area contributed by atoms with Crippen molar-refractivity contribution < 1.29 is 19.4 Å². The fourth-order valence-corrected chi connectivity index (χ4v) is 4.05. The number of carboxylic acid groups (broad SMARTS) is 1. The second kappa shape index (κ2) is 6.34. The summed E-state index contributed by atoms with van der Waals surface area (Å²) in [5.41, 5.74) is 0.247. The number of carboxylic acids is 1. The van der Waals surface area contributed by atoms with Gasteiger partial charge in [0.25, 0.3) is 0 Å². The molecule has 2 fully saturated rings. The Labute approximate surface area is 141 Å². The Hall–Kier alpha value is -2.24. The Balaban J connectivity index is 1.64. The van der Waals surface area contributed by atoms with Crippen LogP contribution in [0.2, 0.25) is 0 Å². The third-order valence-corrected chi connectivity index (χ3v) is 5.54. The summed E-state index contributed by atoms with van der Waals surface area (Å²) in [6, 6.07) is 7.22. The zero-order valence-corrected chi connectivity index (χ0v) is 14.1. The molecule has 6 heteroatoms. The van der Waals surface area contributed by atoms with Gasteiger partial charge in [-0.05, 0) is 43.4 Å². The molecule has 0 aromatic heterocycles. The van der Waals surface area contributed by atoms with Crippen molar-refractivity contribution in [1.82, 2.24) is 10.2 Å². The average Bonchev–Trinajstić information content (AvgIpc) is 3.13. The summed E-state index contributed by atoms with van der Waals surface area (Å²) in [5.74, 6) is 0.0913. The molecule has 2 amide bonds. The second-order valence-electron chi connectivity index (χ2n) is 6.88. The minimum atomic E-state index is -0.761. The van der Waals surface area contributed by atoms with Crippen molar-refractivity contribution in [2.45, 2.75) is 32.2 Å². The van der Waals surface area contributed by atoms with Gasteiger partial charge in [0.15, 0.2) is 0 Å². The number of nitrogens with zero attached hydrogens (tertiary/aromatic N) is 1. The maximum atomic E-state index is 12.5. The first-order chi connectivity index (χ1) is 11.5. The number of fused-ring (bicyclic) bond motifs is 1. The summed E-state index contributed by atoms with van der Waals surface area (Å²) in [5, 5.41) is 12.6. The molecule has 1 aromatic carbocycles. The van der Waals surface area contributed by atoms with Crippen LogP contribution in [-0.2, 0) is 4.79 Å². The topological polar surface area (TPSA) is 78.9 Å². The third-order valence-electron chi connectivity index (χ3n) is 5.54. The zero-order valence-electron chi connectivity index (χ0n) is 14.1. The number of amides is 2. The molecule has 1 saturated carbocycles. The van der Waals surface area contributed by atoms with Gasteiger partial charge in [0.1, 0.15) is 5.75 Å². The van der Waals surface area contributed by atoms with Gasteiger partial charge < -0.3 is 20.1 Å². The molecule has 1 aromatic rings. The van der Waals surface area contributed by atoms with Crippen LogP contribution in [0.5, 0.6) is 5.75 Å². The van der Waals surface area contributed by atoms with Crippen molar-refractivity contribution in [2.75, 3.05) is 20.2 Å². The molecule has 1 aliphatic heterocycles. The fraction of sp³-hybridized carbons (Fsp3) is 0.556. The van der Waals surface area contributed by atoms with Gasteiger partial charge in [0.2, 0.25) is 0 Å². The number of carbonyl (C=O) groups excluding carboxylic acids is 1. The molecular formula is C18H24N2O4. The van der Waals surface area contributed by atoms with E-state index in [4.69, 9.17) is 4.74 Å². The summed E-state index contributed by atoms with van der Waals surface area (Å²) >= 11 is 0. The van der Waals surface area contributed by atoms with Crippen LogP contribution in [-0.4, -0.2) is 42.2 Å². The van der Waals surface area contributed by atoms with E-state index in [1.54, 1.807) is 12.0 Å². The molecule has 0 radical (unpaired) electrons. The fourth-order valence-electron chi connectivity index (χ4n) is 4.05. The van der Waals surface area contributed by atoms with Crippen LogP contribution in [0.4, 0.5) is 4.79 Å². The van der Waals surface area contributed by atoms with Crippen LogP contribution >= 0.6 is 0 Å². The normalized spacial score (nSPS) is 26.8. The SMILES string of the molecule is COc1ccc(C(C)NC(=O)N2C[C@@H]3CCC[C@@]3(C(=O)O)C2)cc1. The minimum absolute atomic E-state index is 0.0806. The molecule has 2 aliphatic rings. The number of benzene rings is 1. The molecular weight excluding hydrogens is 308 g/mol. The Kier molecular flexibility index (Phi) is 4.39. The van der Waals surface area contributed by atoms with E-state index in [0.29, 0.717) is 19.5 Å². The lowest BCUT2D eigenvalue weighted by molar-refractivity contribution is -0.149. The predicted molar refractivity (Wildman–Crippen MR) is 88.9 cm³/mol. The summed E-state index contributed by atoms with van der Waals surface area (Å²) in [7, 11) is 1.61. The molecule has 1 heterocycles. The van der Waals surface area contributed by atoms with Crippen molar-refractivity contribution in [3.8, 4) is 5.75 Å². The monoisotopic (exact) mass is 332 g/mol. The van der Waals surface area contributed by atoms with E-state index >= 15 is 0 Å². The Morgan fingerprint density at radius 2 is 2.08 bits per heavy atom. The maximum absolute atomic E-state index is 12.5. The van der Waals surface area contributed by atoms with Gasteiger partial charge in [-0.3, -0.25) is 4.79 Å². The van der Waals surface area contributed by atoms with Crippen molar-refractivity contribution in [3.05, 3.63) is 29.8 Å². The highest BCUT2D eigenvalue weighted by Gasteiger charge is 2.55. The molecule has 0 bridgehead atoms. The number of rotatable bonds is 4. The molecule has 1 saturated heterocycles. The largest absolute Gasteiger partial charge is 0.497 e. The Morgan fingerprint density at radius 3 is 2.67 bits per heavy atom. The lowest BCUT2D eigenvalue weighted by Crippen LogP contribution is -2.42. The van der Waals surface area contributed by atoms with Crippen molar-refractivity contribution >= 4 is 12.0 Å². The summed E-state index contributed by atoms with van der Waals surface area (Å²) in [4.78, 5) is 25.9. The molecule has 130 valence electrons. The number of urea groups is 1. The number of methoxy groups -OCH3 is 1. The molecule has 3 atom stereocenters. The van der Waals surface area contributed by atoms with E-state index in [0.717, 1.165) is 24.2 Å². The number of hydrogen-bond donors (Lipinski definition) is 2. The average molecular weight is 332 g/mol. The van der Waals surface area contributed by atoms with Gasteiger partial charge in [-0.25, -0.2) is 4.79 Å². The summed E-state index contributed by atoms with van der Waals surface area (Å²) in [6.07, 6.45) is 2.50. The zero-order chi connectivity index (χ0) is 17.3. The third kappa shape index (κ3) is 2.81. The quantitative estimate of drug-likeness (QED) is 0.888. The van der Waals surface area contributed by atoms with E-state index in [1.165, 1.54) is 0 Å². The highest BCUT2D eigenvalue weighted by molar-refractivity contribution is 5.80. The summed E-state index contributed by atoms with van der Waals surface area (Å²) < 4.78 is 5.14. The van der Waals surface area contributed by atoms with Crippen LogP contribution in [0.1, 0.15) is 37.8 Å². The van der Waals surface area contributed by atoms with E-state index < -0.39 is 11.4 Å². The maximum Gasteiger partial charge on any atom is 0.317 e. The van der Waals surface area contributed by atoms with Gasteiger partial charge in [-0.1, -0.05) is 18.6 Å². The van der Waals surface area contributed by atoms with E-state index in [2.05, 4.69) is 5.32 Å². The van der Waals surface area contributed by atoms with Crippen molar-refractivity contribution in [3.63, 3.8) is 0 Å². The minimum Gasteiger partial charge on any atom is -0.497 e. The molecule has 3 rings (SSSR count).